The molecule has 0 fully saturated rings. The largest absolute Gasteiger partial charge is 0.330 e. The molecule has 0 aliphatic rings. The number of nitrogens with two attached hydrogens (primary N) is 1. The predicted octanol–water partition coefficient (Wildman–Crippen LogP) is 2.78. The van der Waals surface area contributed by atoms with Crippen LogP contribution in [0.3, 0.4) is 0 Å². The molecule has 0 unspecified atom stereocenters. The number of halogens is 3. The van der Waals surface area contributed by atoms with Crippen molar-refractivity contribution in [2.45, 2.75) is 6.42 Å². The molecule has 8 heteroatoms. The van der Waals surface area contributed by atoms with Crippen molar-refractivity contribution in [2.24, 2.45) is 5.73 Å². The maximum absolute atomic E-state index is 13.9. The van der Waals surface area contributed by atoms with Crippen LogP contribution in [0.4, 0.5) is 4.39 Å². The van der Waals surface area contributed by atoms with Crippen molar-refractivity contribution in [3.63, 3.8) is 0 Å². The SMILES string of the molecule is Cl.Cl.N#Cc1c(F)ccc2nc(CCN)n(-c3ccccn3)c12. The van der Waals surface area contributed by atoms with Crippen LogP contribution in [0.2, 0.25) is 0 Å². The van der Waals surface area contributed by atoms with Crippen LogP contribution >= 0.6 is 24.8 Å². The Labute approximate surface area is 144 Å². The van der Waals surface area contributed by atoms with E-state index in [1.54, 1.807) is 29.0 Å². The fourth-order valence-electron chi connectivity index (χ4n) is 2.33. The van der Waals surface area contributed by atoms with E-state index in [0.29, 0.717) is 35.6 Å². The van der Waals surface area contributed by atoms with Crippen molar-refractivity contribution < 1.29 is 4.39 Å². The number of fused-ring (bicyclic) bond motifs is 1. The summed E-state index contributed by atoms with van der Waals surface area (Å²) in [5.41, 5.74) is 6.57. The van der Waals surface area contributed by atoms with E-state index in [0.717, 1.165) is 0 Å². The maximum Gasteiger partial charge on any atom is 0.143 e. The first-order chi connectivity index (χ1) is 10.3. The first-order valence-electron chi connectivity index (χ1n) is 6.47. The van der Waals surface area contributed by atoms with Gasteiger partial charge in [-0.1, -0.05) is 6.07 Å². The monoisotopic (exact) mass is 353 g/mol. The van der Waals surface area contributed by atoms with Crippen LogP contribution in [0.15, 0.2) is 36.5 Å². The van der Waals surface area contributed by atoms with E-state index in [2.05, 4.69) is 9.97 Å². The second-order valence-corrected chi connectivity index (χ2v) is 4.49. The molecule has 0 bridgehead atoms. The molecule has 0 aliphatic carbocycles. The van der Waals surface area contributed by atoms with Crippen molar-refractivity contribution >= 4 is 35.8 Å². The maximum atomic E-state index is 13.9. The summed E-state index contributed by atoms with van der Waals surface area (Å²) in [6.07, 6.45) is 2.15. The van der Waals surface area contributed by atoms with Gasteiger partial charge < -0.3 is 5.73 Å². The summed E-state index contributed by atoms with van der Waals surface area (Å²) >= 11 is 0. The van der Waals surface area contributed by atoms with Crippen LogP contribution in [-0.4, -0.2) is 21.1 Å². The molecule has 2 N–H and O–H groups in total. The van der Waals surface area contributed by atoms with Crippen LogP contribution in [0, 0.1) is 17.1 Å². The third kappa shape index (κ3) is 3.27. The molecule has 0 spiro atoms. The van der Waals surface area contributed by atoms with Crippen LogP contribution in [0.1, 0.15) is 11.4 Å². The summed E-state index contributed by atoms with van der Waals surface area (Å²) in [5, 5.41) is 9.25. The van der Waals surface area contributed by atoms with Gasteiger partial charge in [-0.3, -0.25) is 4.57 Å². The number of pyridine rings is 1. The van der Waals surface area contributed by atoms with Crippen LogP contribution in [-0.2, 0) is 6.42 Å². The van der Waals surface area contributed by atoms with Crippen molar-refractivity contribution in [3.8, 4) is 11.9 Å². The van der Waals surface area contributed by atoms with E-state index in [9.17, 15) is 9.65 Å². The number of hydrogen-bond donors (Lipinski definition) is 1. The first kappa shape index (κ1) is 18.8. The lowest BCUT2D eigenvalue weighted by molar-refractivity contribution is 0.625. The van der Waals surface area contributed by atoms with Crippen molar-refractivity contribution in [1.82, 2.24) is 14.5 Å². The predicted molar refractivity (Wildman–Crippen MR) is 90.8 cm³/mol. The molecule has 0 aliphatic heterocycles. The minimum absolute atomic E-state index is 0. The van der Waals surface area contributed by atoms with Crippen LogP contribution in [0.25, 0.3) is 16.9 Å². The van der Waals surface area contributed by atoms with Gasteiger partial charge in [-0.15, -0.1) is 24.8 Å². The smallest absolute Gasteiger partial charge is 0.143 e. The Morgan fingerprint density at radius 3 is 2.61 bits per heavy atom. The Balaban J connectivity index is 0.00000132. The highest BCUT2D eigenvalue weighted by Gasteiger charge is 2.18. The number of rotatable bonds is 3. The molecule has 23 heavy (non-hydrogen) atoms. The number of nitriles is 1. The van der Waals surface area contributed by atoms with Gasteiger partial charge in [-0.05, 0) is 30.8 Å². The molecule has 120 valence electrons. The summed E-state index contributed by atoms with van der Waals surface area (Å²) in [5.74, 6) is 0.681. The lowest BCUT2D eigenvalue weighted by Gasteiger charge is -2.08. The zero-order chi connectivity index (χ0) is 14.8. The van der Waals surface area contributed by atoms with Gasteiger partial charge in [0.1, 0.15) is 29.1 Å². The highest BCUT2D eigenvalue weighted by Crippen LogP contribution is 2.25. The van der Waals surface area contributed by atoms with Gasteiger partial charge in [0.15, 0.2) is 0 Å². The molecule has 2 aromatic heterocycles. The van der Waals surface area contributed by atoms with E-state index in [1.807, 2.05) is 12.1 Å². The summed E-state index contributed by atoms with van der Waals surface area (Å²) in [4.78, 5) is 8.72. The highest BCUT2D eigenvalue weighted by molar-refractivity contribution is 5.86. The second-order valence-electron chi connectivity index (χ2n) is 4.49. The molecule has 3 aromatic rings. The van der Waals surface area contributed by atoms with Crippen LogP contribution < -0.4 is 5.73 Å². The van der Waals surface area contributed by atoms with E-state index in [4.69, 9.17) is 5.73 Å². The zero-order valence-corrected chi connectivity index (χ0v) is 13.6. The summed E-state index contributed by atoms with van der Waals surface area (Å²) in [7, 11) is 0. The Kier molecular flexibility index (Phi) is 6.46. The third-order valence-electron chi connectivity index (χ3n) is 3.20. The summed E-state index contributed by atoms with van der Waals surface area (Å²) in [6.45, 7) is 0.403. The van der Waals surface area contributed by atoms with E-state index >= 15 is 0 Å². The Hall–Kier alpha value is -2.20. The van der Waals surface area contributed by atoms with E-state index < -0.39 is 5.82 Å². The van der Waals surface area contributed by atoms with Crippen molar-refractivity contribution in [1.29, 1.82) is 5.26 Å². The van der Waals surface area contributed by atoms with Gasteiger partial charge in [0.05, 0.1) is 11.0 Å². The Morgan fingerprint density at radius 1 is 1.22 bits per heavy atom. The average molecular weight is 354 g/mol. The van der Waals surface area contributed by atoms with Gasteiger partial charge in [0.25, 0.3) is 0 Å². The van der Waals surface area contributed by atoms with Crippen molar-refractivity contribution in [3.05, 3.63) is 53.7 Å². The van der Waals surface area contributed by atoms with E-state index in [-0.39, 0.29) is 30.4 Å². The molecule has 0 amide bonds. The van der Waals surface area contributed by atoms with Gasteiger partial charge in [0, 0.05) is 12.6 Å². The second kappa shape index (κ2) is 7.88. The number of aromatic nitrogens is 3. The average Bonchev–Trinajstić information content (AvgIpc) is 2.87. The third-order valence-corrected chi connectivity index (χ3v) is 3.20. The minimum Gasteiger partial charge on any atom is -0.330 e. The molecule has 0 saturated carbocycles. The lowest BCUT2D eigenvalue weighted by Crippen LogP contribution is -2.10. The minimum atomic E-state index is -0.568. The van der Waals surface area contributed by atoms with Crippen LogP contribution in [0.5, 0.6) is 0 Å². The molecular weight excluding hydrogens is 340 g/mol. The molecule has 0 atom stereocenters. The summed E-state index contributed by atoms with van der Waals surface area (Å²) < 4.78 is 15.6. The zero-order valence-electron chi connectivity index (χ0n) is 11.9. The molecule has 3 rings (SSSR count). The Morgan fingerprint density at radius 2 is 2.00 bits per heavy atom. The molecule has 2 heterocycles. The van der Waals surface area contributed by atoms with Gasteiger partial charge >= 0.3 is 0 Å². The van der Waals surface area contributed by atoms with Gasteiger partial charge in [0.2, 0.25) is 0 Å². The normalized spacial score (nSPS) is 9.78. The number of imidazole rings is 1. The molecule has 0 radical (unpaired) electrons. The first-order valence-corrected chi connectivity index (χ1v) is 6.47. The molecular formula is C15H14Cl2FN5. The Bertz CT molecular complexity index is 842. The quantitative estimate of drug-likeness (QED) is 0.784. The standard InChI is InChI=1S/C15H12FN5.2ClH/c16-11-4-5-12-15(10(11)9-18)21(14(20-12)6-7-17)13-3-1-2-8-19-13;;/h1-5,8H,6-7,17H2;2*1H. The highest BCUT2D eigenvalue weighted by atomic mass is 35.5. The fourth-order valence-corrected chi connectivity index (χ4v) is 2.33. The summed E-state index contributed by atoms with van der Waals surface area (Å²) in [6, 6.07) is 10.1. The number of benzene rings is 1. The molecule has 0 saturated heterocycles. The fraction of sp³-hybridized carbons (Fsp3) is 0.133. The van der Waals surface area contributed by atoms with Crippen molar-refractivity contribution in [2.75, 3.05) is 6.54 Å². The lowest BCUT2D eigenvalue weighted by atomic mass is 10.2. The van der Waals surface area contributed by atoms with Gasteiger partial charge in [-0.2, -0.15) is 5.26 Å². The van der Waals surface area contributed by atoms with Gasteiger partial charge in [-0.25, -0.2) is 14.4 Å². The number of hydrogen-bond acceptors (Lipinski definition) is 4. The number of nitrogens with zero attached hydrogens (tertiary/aromatic N) is 4. The topological polar surface area (TPSA) is 80.5 Å². The van der Waals surface area contributed by atoms with E-state index in [1.165, 1.54) is 6.07 Å². The molecule has 1 aromatic carbocycles. The molecule has 5 nitrogen and oxygen atoms in total.